The first-order chi connectivity index (χ1) is 66.5. The molecular weight excluding hydrogens is 1840 g/mol. The normalized spacial score (nSPS) is 36.0. The van der Waals surface area contributed by atoms with Crippen LogP contribution in [0.15, 0.2) is 12.2 Å². The van der Waals surface area contributed by atoms with Crippen LogP contribution in [0, 0.1) is 0 Å². The maximum atomic E-state index is 13.9. The summed E-state index contributed by atoms with van der Waals surface area (Å²) in [7, 11) is 0. The monoisotopic (exact) mass is 2010 g/mol. The molecule has 7 aliphatic rings. The van der Waals surface area contributed by atoms with Crippen LogP contribution < -0.4 is 26.6 Å². The number of unbranched alkanes of at least 4 members (excludes halogenated alkanes) is 29. The summed E-state index contributed by atoms with van der Waals surface area (Å²) in [5, 5.41) is 252. The summed E-state index contributed by atoms with van der Waals surface area (Å²) in [5.41, 5.74) is 0. The number of aliphatic hydroxyl groups excluding tert-OH is 20. The summed E-state index contributed by atoms with van der Waals surface area (Å²) in [5.74, 6) is -9.79. The van der Waals surface area contributed by atoms with E-state index >= 15 is 0 Å². The number of allylic oxidation sites excluding steroid dienone is 1. The highest BCUT2D eigenvalue weighted by Gasteiger charge is 2.64. The first kappa shape index (κ1) is 121. The highest BCUT2D eigenvalue weighted by molar-refractivity contribution is 5.77. The van der Waals surface area contributed by atoms with Gasteiger partial charge in [-0.1, -0.05) is 206 Å². The van der Waals surface area contributed by atoms with Crippen LogP contribution in [-0.4, -0.2) is 428 Å². The first-order valence-corrected chi connectivity index (χ1v) is 50.1. The van der Waals surface area contributed by atoms with Crippen molar-refractivity contribution in [1.29, 1.82) is 0 Å². The zero-order valence-corrected chi connectivity index (χ0v) is 81.1. The fraction of sp³-hybridized carbons (Fsp3) is 0.914. The lowest BCUT2D eigenvalue weighted by Crippen LogP contribution is -2.72. The van der Waals surface area contributed by atoms with E-state index in [1.807, 2.05) is 0 Å². The summed E-state index contributed by atoms with van der Waals surface area (Å²) >= 11 is 0. The number of rotatable bonds is 64. The van der Waals surface area contributed by atoms with Gasteiger partial charge in [0.1, 0.15) is 165 Å². The molecule has 0 radical (unpaired) electrons. The lowest BCUT2D eigenvalue weighted by molar-refractivity contribution is -0.404. The van der Waals surface area contributed by atoms with Gasteiger partial charge < -0.3 is 200 Å². The van der Waals surface area contributed by atoms with Gasteiger partial charge in [0.2, 0.25) is 29.5 Å². The summed E-state index contributed by atoms with van der Waals surface area (Å²) in [6, 6.07) is -8.79. The second-order valence-electron chi connectivity index (χ2n) is 37.8. The SMILES string of the molecule is CCCCCCCCCCCCC/C=C/[C@@H](O)[C@H](CO[C@@H]1OC(CO)[C@@H](O[C@@H]2OC(CO)[C@H](O[C@@H]3OC(CO)[C@H](O)[C@H](O)C3NC(C)=O)[C@H](O[C@@H]3OC(CO)[C@@H](O[C@@H]4OC(CO)[C@H](O[C@@H]5OC(CO)[C@H](O)[C@H](O)C5NC(C)=O)[C@H](O[C@]5(C(=O)O)CC(O)[C@@H](NC(C)=O)C([C@H](O)[C@H](O)CO)O5)C4O)[C@H](O)C3NC(C)=O)C2O)[C@H](O)C1O)NC(=O)CCCCCCCCCCCCCCCCCCCCC. The van der Waals surface area contributed by atoms with E-state index < -0.39 is 327 Å². The van der Waals surface area contributed by atoms with Crippen LogP contribution in [0.4, 0.5) is 0 Å². The van der Waals surface area contributed by atoms with Gasteiger partial charge in [-0.2, -0.15) is 0 Å². The van der Waals surface area contributed by atoms with Crippen LogP contribution in [0.25, 0.3) is 0 Å². The molecule has 7 rings (SSSR count). The van der Waals surface area contributed by atoms with Crippen molar-refractivity contribution in [3.8, 4) is 0 Å². The van der Waals surface area contributed by atoms with Gasteiger partial charge in [0, 0.05) is 40.5 Å². The van der Waals surface area contributed by atoms with Crippen LogP contribution in [0.5, 0.6) is 0 Å². The third-order valence-electron chi connectivity index (χ3n) is 26.6. The number of amides is 5. The van der Waals surface area contributed by atoms with Crippen LogP contribution in [0.3, 0.4) is 0 Å². The molecule has 0 spiro atoms. The molecule has 7 heterocycles. The van der Waals surface area contributed by atoms with Crippen molar-refractivity contribution < 1.29 is 202 Å². The zero-order valence-electron chi connectivity index (χ0n) is 81.1. The van der Waals surface area contributed by atoms with Crippen LogP contribution in [0.2, 0.25) is 0 Å². The molecule has 0 aromatic heterocycles. The van der Waals surface area contributed by atoms with Gasteiger partial charge in [0.25, 0.3) is 5.79 Å². The van der Waals surface area contributed by atoms with Gasteiger partial charge in [0.05, 0.1) is 77.1 Å². The Balaban J connectivity index is 1.15. The molecule has 5 amide bonds. The number of carbonyl (C=O) groups excluding carboxylic acids is 5. The molecule has 7 saturated heterocycles. The molecule has 46 nitrogen and oxygen atoms in total. The number of hydrogen-bond donors (Lipinski definition) is 26. The molecule has 14 unspecified atom stereocenters. The third-order valence-corrected chi connectivity index (χ3v) is 26.6. The third kappa shape index (κ3) is 36.3. The highest BCUT2D eigenvalue weighted by atomic mass is 16.8. The average Bonchev–Trinajstić information content (AvgIpc) is 0.694. The van der Waals surface area contributed by atoms with E-state index in [0.29, 0.717) is 12.8 Å². The topological polar surface area (TPSA) is 717 Å². The molecule has 7 aliphatic heterocycles. The minimum Gasteiger partial charge on any atom is -0.477 e. The van der Waals surface area contributed by atoms with Crippen molar-refractivity contribution in [3.63, 3.8) is 0 Å². The number of ether oxygens (including phenoxy) is 14. The van der Waals surface area contributed by atoms with Gasteiger partial charge >= 0.3 is 5.97 Å². The Morgan fingerprint density at radius 3 is 1.12 bits per heavy atom. The van der Waals surface area contributed by atoms with Crippen molar-refractivity contribution >= 4 is 35.5 Å². The number of aliphatic carboxylic acids is 1. The van der Waals surface area contributed by atoms with E-state index in [4.69, 9.17) is 66.3 Å². The number of carboxylic acid groups (broad SMARTS) is 1. The second kappa shape index (κ2) is 63.0. The molecule has 0 aromatic rings. The van der Waals surface area contributed by atoms with Crippen LogP contribution in [0.1, 0.15) is 253 Å². The van der Waals surface area contributed by atoms with E-state index in [2.05, 4.69) is 40.4 Å². The summed E-state index contributed by atoms with van der Waals surface area (Å²) in [6.45, 7) is -0.548. The zero-order chi connectivity index (χ0) is 102. The largest absolute Gasteiger partial charge is 0.477 e. The highest BCUT2D eigenvalue weighted by Crippen LogP contribution is 2.43. The van der Waals surface area contributed by atoms with Crippen molar-refractivity contribution in [1.82, 2.24) is 26.6 Å². The number of aliphatic hydroxyl groups is 20. The molecule has 808 valence electrons. The maximum absolute atomic E-state index is 13.9. The minimum atomic E-state index is -3.46. The lowest BCUT2D eigenvalue weighted by atomic mass is 9.88. The first-order valence-electron chi connectivity index (χ1n) is 50.1. The molecule has 38 atom stereocenters. The predicted octanol–water partition coefficient (Wildman–Crippen LogP) is -3.55. The Hall–Kier alpha value is -4.80. The van der Waals surface area contributed by atoms with Gasteiger partial charge in [-0.15, -0.1) is 0 Å². The Morgan fingerprint density at radius 2 is 0.712 bits per heavy atom. The number of nitrogens with one attached hydrogen (secondary N) is 5. The van der Waals surface area contributed by atoms with E-state index in [1.165, 1.54) is 128 Å². The Bertz CT molecular complexity index is 3510. The van der Waals surface area contributed by atoms with Crippen LogP contribution >= 0.6 is 0 Å². The summed E-state index contributed by atoms with van der Waals surface area (Å²) in [4.78, 5) is 79.3. The van der Waals surface area contributed by atoms with Gasteiger partial charge in [-0.05, 0) is 19.3 Å². The summed E-state index contributed by atoms with van der Waals surface area (Å²) in [6.07, 6.45) is -31.0. The molecule has 46 heteroatoms. The van der Waals surface area contributed by atoms with Crippen molar-refractivity contribution in [3.05, 3.63) is 12.2 Å². The summed E-state index contributed by atoms with van der Waals surface area (Å²) < 4.78 is 86.0. The van der Waals surface area contributed by atoms with Crippen LogP contribution in [-0.2, 0) is 95.1 Å². The second-order valence-corrected chi connectivity index (χ2v) is 37.8. The smallest absolute Gasteiger partial charge is 0.364 e. The molecule has 0 saturated carbocycles. The van der Waals surface area contributed by atoms with Crippen molar-refractivity contribution in [2.75, 3.05) is 52.9 Å². The fourth-order valence-electron chi connectivity index (χ4n) is 18.8. The van der Waals surface area contributed by atoms with Gasteiger partial charge in [-0.3, -0.25) is 24.0 Å². The Kier molecular flexibility index (Phi) is 54.9. The fourth-order valence-corrected chi connectivity index (χ4v) is 18.8. The average molecular weight is 2010 g/mol. The number of hydrogen-bond acceptors (Lipinski definition) is 40. The van der Waals surface area contributed by atoms with E-state index in [-0.39, 0.29) is 6.42 Å². The molecule has 0 aromatic carbocycles. The molecule has 0 aliphatic carbocycles. The minimum absolute atomic E-state index is 0.110. The number of carbonyl (C=O) groups is 6. The molecule has 0 bridgehead atoms. The standard InChI is InChI=1S/C93H165N5O41/c1-7-9-11-13-15-17-19-21-22-23-24-25-26-28-30-32-34-36-38-40-64(113)98-54(55(110)39-37-35-33-31-29-27-20-18-16-14-12-10-8-2)49-126-89-76(121)75(120)80(61(46-103)130-89)134-90-77(122)84(81(62(47-104)131-90)135-86-66(95-51(4)107)72(117)70(115)58(43-100)127-86)137-88-68(97-53(6)109)74(119)79(60(45-102)129-88)133-91-78(123)85(82(63(48-105)132-91)136-87-67(96-52(5)108)73(118)71(116)59(44-101)128-87)139-93(92(124)125)41-56(111)65(94-50(3)106)83(138-93)69(114)57(112)42-99/h37,39,54-63,65-91,99-105,110-112,114-123H,7-36,38,40-49H2,1-6H3,(H,94,106)(H,95,107)(H,96,108)(H,97,109)(H,98,113)(H,124,125)/b39-37+/t54-,55+,56?,57+,58?,59?,60?,61?,62?,63?,65+,66?,67?,68?,69+,70-,71-,72+,73+,74+,75+,76?,77?,78?,79+,80+,81-,82-,83?,84+,85+,86-,87-,88-,89+,90-,91-,93-/m0/s1. The Labute approximate surface area is 812 Å². The van der Waals surface area contributed by atoms with Gasteiger partial charge in [0.15, 0.2) is 37.7 Å². The lowest BCUT2D eigenvalue weighted by Gasteiger charge is -2.53. The predicted molar refractivity (Wildman–Crippen MR) is 485 cm³/mol. The molecule has 26 N–H and O–H groups in total. The molecule has 139 heavy (non-hydrogen) atoms. The molecular formula is C93H165N5O41. The quantitative estimate of drug-likeness (QED) is 0.0207. The van der Waals surface area contributed by atoms with Crippen molar-refractivity contribution in [2.24, 2.45) is 0 Å². The van der Waals surface area contributed by atoms with E-state index in [9.17, 15) is 136 Å². The number of carboxylic acids is 1. The van der Waals surface area contributed by atoms with Crippen molar-refractivity contribution in [2.45, 2.75) is 486 Å². The molecule has 7 fully saturated rings. The Morgan fingerprint density at radius 1 is 0.374 bits per heavy atom. The maximum Gasteiger partial charge on any atom is 0.364 e. The van der Waals surface area contributed by atoms with Gasteiger partial charge in [-0.25, -0.2) is 4.79 Å². The van der Waals surface area contributed by atoms with E-state index in [0.717, 1.165) is 91.9 Å². The van der Waals surface area contributed by atoms with E-state index in [1.54, 1.807) is 6.08 Å².